The van der Waals surface area contributed by atoms with Gasteiger partial charge in [-0.3, -0.25) is 4.90 Å². The first-order chi connectivity index (χ1) is 10.2. The predicted molar refractivity (Wildman–Crippen MR) is 75.5 cm³/mol. The van der Waals surface area contributed by atoms with Gasteiger partial charge < -0.3 is 13.8 Å². The molecule has 0 spiro atoms. The number of ether oxygens (including phenoxy) is 1. The largest absolute Gasteiger partial charge is 0.363 e. The van der Waals surface area contributed by atoms with Crippen LogP contribution in [-0.2, 0) is 17.8 Å². The maximum Gasteiger partial charge on any atom is 0.257 e. The molecule has 1 saturated heterocycles. The molecule has 0 aliphatic carbocycles. The fourth-order valence-corrected chi connectivity index (χ4v) is 2.74. The first-order valence-electron chi connectivity index (χ1n) is 7.32. The van der Waals surface area contributed by atoms with Crippen molar-refractivity contribution in [2.24, 2.45) is 0 Å². The van der Waals surface area contributed by atoms with Crippen LogP contribution in [0.5, 0.6) is 0 Å². The number of morpholine rings is 1. The third-order valence-corrected chi connectivity index (χ3v) is 3.68. The summed E-state index contributed by atoms with van der Waals surface area (Å²) in [6.07, 6.45) is 3.77. The van der Waals surface area contributed by atoms with Gasteiger partial charge in [0.25, 0.3) is 5.89 Å². The normalized spacial score (nSPS) is 23.6. The van der Waals surface area contributed by atoms with Crippen LogP contribution in [0, 0.1) is 6.92 Å². The summed E-state index contributed by atoms with van der Waals surface area (Å²) in [7, 11) is 0. The second-order valence-corrected chi connectivity index (χ2v) is 5.48. The van der Waals surface area contributed by atoms with Gasteiger partial charge in [-0.05, 0) is 20.8 Å². The van der Waals surface area contributed by atoms with E-state index in [1.807, 2.05) is 19.4 Å². The standard InChI is InChI=1S/C14H21N5O2/c1-4-19-9-15-5-12(19)7-18-6-10(2)20-13(8-18)14-16-11(3)17-21-14/h5,9-10,13H,4,6-8H2,1-3H3/t10-,13-/m1/s1. The van der Waals surface area contributed by atoms with Crippen molar-refractivity contribution in [3.05, 3.63) is 29.9 Å². The molecule has 2 aromatic heterocycles. The van der Waals surface area contributed by atoms with Gasteiger partial charge in [0.05, 0.1) is 18.1 Å². The maximum atomic E-state index is 5.93. The topological polar surface area (TPSA) is 69.2 Å². The first kappa shape index (κ1) is 14.2. The van der Waals surface area contributed by atoms with Crippen molar-refractivity contribution in [1.29, 1.82) is 0 Å². The molecule has 1 aliphatic rings. The lowest BCUT2D eigenvalue weighted by atomic mass is 10.2. The highest BCUT2D eigenvalue weighted by Crippen LogP contribution is 2.25. The Morgan fingerprint density at radius 1 is 1.38 bits per heavy atom. The van der Waals surface area contributed by atoms with Gasteiger partial charge in [-0.1, -0.05) is 5.16 Å². The molecule has 2 atom stereocenters. The second kappa shape index (κ2) is 5.95. The third kappa shape index (κ3) is 3.14. The van der Waals surface area contributed by atoms with Crippen LogP contribution in [0.15, 0.2) is 17.0 Å². The van der Waals surface area contributed by atoms with Gasteiger partial charge in [0.1, 0.15) is 6.10 Å². The Balaban J connectivity index is 1.71. The van der Waals surface area contributed by atoms with E-state index in [0.717, 1.165) is 26.2 Å². The average Bonchev–Trinajstić information content (AvgIpc) is 3.07. The zero-order valence-corrected chi connectivity index (χ0v) is 12.7. The summed E-state index contributed by atoms with van der Waals surface area (Å²) in [5.41, 5.74) is 1.21. The van der Waals surface area contributed by atoms with Crippen LogP contribution in [0.1, 0.15) is 37.4 Å². The monoisotopic (exact) mass is 291 g/mol. The van der Waals surface area contributed by atoms with Gasteiger partial charge >= 0.3 is 0 Å². The molecule has 0 radical (unpaired) electrons. The number of rotatable bonds is 4. The zero-order chi connectivity index (χ0) is 14.8. The maximum absolute atomic E-state index is 5.93. The number of aryl methyl sites for hydroxylation is 2. The highest BCUT2D eigenvalue weighted by Gasteiger charge is 2.30. The van der Waals surface area contributed by atoms with Gasteiger partial charge in [-0.2, -0.15) is 4.98 Å². The molecule has 7 heteroatoms. The highest BCUT2D eigenvalue weighted by molar-refractivity contribution is 5.00. The smallest absolute Gasteiger partial charge is 0.257 e. The molecule has 2 aromatic rings. The van der Waals surface area contributed by atoms with Crippen LogP contribution in [-0.4, -0.2) is 43.8 Å². The molecule has 0 unspecified atom stereocenters. The Kier molecular flexibility index (Phi) is 4.03. The molecule has 0 bridgehead atoms. The van der Waals surface area contributed by atoms with Crippen molar-refractivity contribution in [2.75, 3.05) is 13.1 Å². The van der Waals surface area contributed by atoms with Gasteiger partial charge in [-0.25, -0.2) is 4.98 Å². The van der Waals surface area contributed by atoms with Crippen molar-refractivity contribution in [1.82, 2.24) is 24.6 Å². The van der Waals surface area contributed by atoms with Gasteiger partial charge in [0.15, 0.2) is 5.82 Å². The fraction of sp³-hybridized carbons (Fsp3) is 0.643. The van der Waals surface area contributed by atoms with Gasteiger partial charge in [0.2, 0.25) is 0 Å². The van der Waals surface area contributed by atoms with Crippen LogP contribution < -0.4 is 0 Å². The lowest BCUT2D eigenvalue weighted by molar-refractivity contribution is -0.0934. The number of hydrogen-bond acceptors (Lipinski definition) is 6. The third-order valence-electron chi connectivity index (χ3n) is 3.68. The molecule has 21 heavy (non-hydrogen) atoms. The van der Waals surface area contributed by atoms with E-state index in [1.54, 1.807) is 0 Å². The number of aromatic nitrogens is 4. The molecule has 114 valence electrons. The van der Waals surface area contributed by atoms with E-state index in [0.29, 0.717) is 11.7 Å². The number of hydrogen-bond donors (Lipinski definition) is 0. The summed E-state index contributed by atoms with van der Waals surface area (Å²) in [6, 6.07) is 0. The molecule has 1 aliphatic heterocycles. The van der Waals surface area contributed by atoms with Crippen molar-refractivity contribution < 1.29 is 9.26 Å². The molecular formula is C14H21N5O2. The Hall–Kier alpha value is -1.73. The minimum Gasteiger partial charge on any atom is -0.363 e. The zero-order valence-electron chi connectivity index (χ0n) is 12.7. The summed E-state index contributed by atoms with van der Waals surface area (Å²) in [6.45, 7) is 9.43. The van der Waals surface area contributed by atoms with Gasteiger partial charge in [-0.15, -0.1) is 0 Å². The Morgan fingerprint density at radius 3 is 2.95 bits per heavy atom. The van der Waals surface area contributed by atoms with E-state index in [1.165, 1.54) is 5.69 Å². The number of imidazole rings is 1. The van der Waals surface area contributed by atoms with Gasteiger partial charge in [0, 0.05) is 32.4 Å². The summed E-state index contributed by atoms with van der Waals surface area (Å²) in [4.78, 5) is 10.9. The SMILES string of the molecule is CCn1cncc1CN1C[C@@H](C)O[C@@H](c2nc(C)no2)C1. The first-order valence-corrected chi connectivity index (χ1v) is 7.32. The van der Waals surface area contributed by atoms with Crippen molar-refractivity contribution in [3.63, 3.8) is 0 Å². The van der Waals surface area contributed by atoms with Crippen LogP contribution in [0.25, 0.3) is 0 Å². The predicted octanol–water partition coefficient (Wildman–Crippen LogP) is 1.56. The molecule has 3 heterocycles. The molecule has 1 fully saturated rings. The summed E-state index contributed by atoms with van der Waals surface area (Å²) < 4.78 is 13.3. The molecule has 7 nitrogen and oxygen atoms in total. The lowest BCUT2D eigenvalue weighted by Gasteiger charge is -2.35. The Labute approximate surface area is 123 Å². The number of nitrogens with zero attached hydrogens (tertiary/aromatic N) is 5. The fourth-order valence-electron chi connectivity index (χ4n) is 2.74. The van der Waals surface area contributed by atoms with Crippen LogP contribution in [0.4, 0.5) is 0 Å². The van der Waals surface area contributed by atoms with Crippen molar-refractivity contribution >= 4 is 0 Å². The van der Waals surface area contributed by atoms with E-state index in [2.05, 4.69) is 38.4 Å². The highest BCUT2D eigenvalue weighted by atomic mass is 16.5. The Morgan fingerprint density at radius 2 is 2.24 bits per heavy atom. The van der Waals surface area contributed by atoms with Crippen LogP contribution >= 0.6 is 0 Å². The molecule has 0 saturated carbocycles. The molecule has 3 rings (SSSR count). The van der Waals surface area contributed by atoms with E-state index >= 15 is 0 Å². The quantitative estimate of drug-likeness (QED) is 0.851. The van der Waals surface area contributed by atoms with Crippen LogP contribution in [0.3, 0.4) is 0 Å². The van der Waals surface area contributed by atoms with Crippen LogP contribution in [0.2, 0.25) is 0 Å². The minimum atomic E-state index is -0.159. The summed E-state index contributed by atoms with van der Waals surface area (Å²) in [5.74, 6) is 1.20. The second-order valence-electron chi connectivity index (χ2n) is 5.48. The minimum absolute atomic E-state index is 0.133. The molecule has 0 aromatic carbocycles. The summed E-state index contributed by atoms with van der Waals surface area (Å²) >= 11 is 0. The van der Waals surface area contributed by atoms with E-state index < -0.39 is 0 Å². The van der Waals surface area contributed by atoms with E-state index in [9.17, 15) is 0 Å². The lowest BCUT2D eigenvalue weighted by Crippen LogP contribution is -2.42. The Bertz CT molecular complexity index is 594. The van der Waals surface area contributed by atoms with Crippen molar-refractivity contribution in [2.45, 2.75) is 46.1 Å². The average molecular weight is 291 g/mol. The van der Waals surface area contributed by atoms with E-state index in [4.69, 9.17) is 9.26 Å². The van der Waals surface area contributed by atoms with E-state index in [-0.39, 0.29) is 12.2 Å². The van der Waals surface area contributed by atoms with Crippen molar-refractivity contribution in [3.8, 4) is 0 Å². The summed E-state index contributed by atoms with van der Waals surface area (Å²) in [5, 5.41) is 3.85. The molecule has 0 amide bonds. The molecule has 0 N–H and O–H groups in total. The molecular weight excluding hydrogens is 270 g/mol.